The number of carbonyl (C=O) groups is 3. The van der Waals surface area contributed by atoms with Gasteiger partial charge in [0.2, 0.25) is 0 Å². The predicted molar refractivity (Wildman–Crippen MR) is 123 cm³/mol. The topological polar surface area (TPSA) is 122 Å². The van der Waals surface area contributed by atoms with E-state index in [1.807, 2.05) is 18.2 Å². The predicted octanol–water partition coefficient (Wildman–Crippen LogP) is 2.23. The van der Waals surface area contributed by atoms with Gasteiger partial charge in [-0.2, -0.15) is 0 Å². The Labute approximate surface area is 192 Å². The first kappa shape index (κ1) is 24.0. The van der Waals surface area contributed by atoms with Crippen LogP contribution in [0.5, 0.6) is 0 Å². The number of hydrogen-bond acceptors (Lipinski definition) is 6. The van der Waals surface area contributed by atoms with Crippen molar-refractivity contribution in [2.45, 2.75) is 31.3 Å². The molecule has 2 N–H and O–H groups in total. The number of benzene rings is 2. The second kappa shape index (κ2) is 10.3. The summed E-state index contributed by atoms with van der Waals surface area (Å²) in [5, 5.41) is 4.46. The lowest BCUT2D eigenvalue weighted by molar-refractivity contribution is -0.149. The van der Waals surface area contributed by atoms with E-state index in [0.29, 0.717) is 30.8 Å². The average molecular weight is 472 g/mol. The van der Waals surface area contributed by atoms with Gasteiger partial charge in [0.1, 0.15) is 0 Å². The van der Waals surface area contributed by atoms with Crippen LogP contribution in [0.4, 0.5) is 10.5 Å². The maximum Gasteiger partial charge on any atom is 0.331 e. The van der Waals surface area contributed by atoms with Crippen molar-refractivity contribution in [2.24, 2.45) is 0 Å². The fourth-order valence-corrected chi connectivity index (χ4v) is 4.79. The number of imide groups is 1. The molecule has 1 heterocycles. The number of fused-ring (bicyclic) bond motifs is 1. The monoisotopic (exact) mass is 471 g/mol. The van der Waals surface area contributed by atoms with E-state index < -0.39 is 34.0 Å². The number of nitrogens with zero attached hydrogens (tertiary/aromatic N) is 1. The Kier molecular flexibility index (Phi) is 7.49. The molecular weight excluding hydrogens is 446 g/mol. The van der Waals surface area contributed by atoms with E-state index in [2.05, 4.69) is 10.6 Å². The van der Waals surface area contributed by atoms with Crippen molar-refractivity contribution in [3.8, 4) is 0 Å². The molecule has 0 saturated carbocycles. The molecule has 0 radical (unpaired) electrons. The molecule has 0 spiro atoms. The zero-order chi connectivity index (χ0) is 24.0. The van der Waals surface area contributed by atoms with E-state index in [4.69, 9.17) is 4.74 Å². The minimum Gasteiger partial charge on any atom is -0.449 e. The van der Waals surface area contributed by atoms with Crippen LogP contribution in [0.3, 0.4) is 0 Å². The Morgan fingerprint density at radius 1 is 1.12 bits per heavy atom. The van der Waals surface area contributed by atoms with Crippen molar-refractivity contribution >= 4 is 39.7 Å². The molecule has 1 aliphatic rings. The van der Waals surface area contributed by atoms with Gasteiger partial charge in [-0.3, -0.25) is 14.4 Å². The SMILES string of the molecule is CCNC(=O)NC(=O)[C@H](C)OC(=O)/C=C/c1ccc(S(=O)(=O)N2CCc3ccccc32)cc1. The van der Waals surface area contributed by atoms with Crippen LogP contribution in [0, 0.1) is 0 Å². The summed E-state index contributed by atoms with van der Waals surface area (Å²) in [5.74, 6) is -1.53. The summed E-state index contributed by atoms with van der Waals surface area (Å²) >= 11 is 0. The largest absolute Gasteiger partial charge is 0.449 e. The molecule has 0 aromatic heterocycles. The Balaban J connectivity index is 1.61. The Bertz CT molecular complexity index is 1170. The molecule has 3 amide bonds. The number of amides is 3. The number of sulfonamides is 1. The van der Waals surface area contributed by atoms with Gasteiger partial charge in [0.05, 0.1) is 10.6 Å². The molecular formula is C23H25N3O6S. The van der Waals surface area contributed by atoms with Crippen LogP contribution >= 0.6 is 0 Å². The summed E-state index contributed by atoms with van der Waals surface area (Å²) < 4.78 is 32.5. The van der Waals surface area contributed by atoms with Crippen LogP contribution < -0.4 is 14.9 Å². The summed E-state index contributed by atoms with van der Waals surface area (Å²) in [6.07, 6.45) is 2.06. The first-order chi connectivity index (χ1) is 15.7. The molecule has 0 aliphatic carbocycles. The van der Waals surface area contributed by atoms with E-state index in [9.17, 15) is 22.8 Å². The first-order valence-corrected chi connectivity index (χ1v) is 11.8. The van der Waals surface area contributed by atoms with Gasteiger partial charge in [-0.05, 0) is 55.7 Å². The van der Waals surface area contributed by atoms with Crippen LogP contribution in [0.15, 0.2) is 59.5 Å². The number of carbonyl (C=O) groups excluding carboxylic acids is 3. The Morgan fingerprint density at radius 2 is 1.82 bits per heavy atom. The maximum atomic E-state index is 13.0. The number of nitrogens with one attached hydrogen (secondary N) is 2. The average Bonchev–Trinajstić information content (AvgIpc) is 3.23. The van der Waals surface area contributed by atoms with Gasteiger partial charge in [0.15, 0.2) is 6.10 Å². The molecule has 3 rings (SSSR count). The molecule has 0 fully saturated rings. The second-order valence-corrected chi connectivity index (χ2v) is 9.15. The van der Waals surface area contributed by atoms with Gasteiger partial charge in [0, 0.05) is 19.2 Å². The van der Waals surface area contributed by atoms with Crippen LogP contribution in [0.25, 0.3) is 6.08 Å². The van der Waals surface area contributed by atoms with Gasteiger partial charge >= 0.3 is 12.0 Å². The molecule has 9 nitrogen and oxygen atoms in total. The molecule has 0 saturated heterocycles. The van der Waals surface area contributed by atoms with Crippen molar-refractivity contribution < 1.29 is 27.5 Å². The minimum absolute atomic E-state index is 0.148. The van der Waals surface area contributed by atoms with Crippen LogP contribution in [-0.4, -0.2) is 45.5 Å². The Hall–Kier alpha value is -3.66. The number of anilines is 1. The van der Waals surface area contributed by atoms with Gasteiger partial charge in [-0.15, -0.1) is 0 Å². The van der Waals surface area contributed by atoms with Crippen LogP contribution in [0.1, 0.15) is 25.0 Å². The smallest absolute Gasteiger partial charge is 0.331 e. The molecule has 1 atom stereocenters. The summed E-state index contributed by atoms with van der Waals surface area (Å²) in [6.45, 7) is 3.78. The lowest BCUT2D eigenvalue weighted by Crippen LogP contribution is -2.44. The van der Waals surface area contributed by atoms with Crippen molar-refractivity contribution in [1.82, 2.24) is 10.6 Å². The fourth-order valence-electron chi connectivity index (χ4n) is 3.29. The number of esters is 1. The third-order valence-electron chi connectivity index (χ3n) is 4.96. The molecule has 10 heteroatoms. The molecule has 2 aromatic carbocycles. The number of para-hydroxylation sites is 1. The zero-order valence-electron chi connectivity index (χ0n) is 18.3. The van der Waals surface area contributed by atoms with E-state index in [-0.39, 0.29) is 4.90 Å². The number of hydrogen-bond donors (Lipinski definition) is 2. The highest BCUT2D eigenvalue weighted by Crippen LogP contribution is 2.32. The number of urea groups is 1. The lowest BCUT2D eigenvalue weighted by Gasteiger charge is -2.19. The normalized spacial score (nSPS) is 13.9. The highest BCUT2D eigenvalue weighted by molar-refractivity contribution is 7.92. The summed E-state index contributed by atoms with van der Waals surface area (Å²) in [4.78, 5) is 35.3. The lowest BCUT2D eigenvalue weighted by atomic mass is 10.2. The summed E-state index contributed by atoms with van der Waals surface area (Å²) in [7, 11) is -3.70. The summed E-state index contributed by atoms with van der Waals surface area (Å²) in [6, 6.07) is 12.8. The highest BCUT2D eigenvalue weighted by atomic mass is 32.2. The molecule has 1 aliphatic heterocycles. The zero-order valence-corrected chi connectivity index (χ0v) is 19.1. The quantitative estimate of drug-likeness (QED) is 0.472. The fraction of sp³-hybridized carbons (Fsp3) is 0.261. The minimum atomic E-state index is -3.70. The van der Waals surface area contributed by atoms with Gasteiger partial charge in [-0.1, -0.05) is 30.3 Å². The second-order valence-electron chi connectivity index (χ2n) is 7.29. The number of rotatable bonds is 7. The van der Waals surface area contributed by atoms with Crippen molar-refractivity contribution in [3.63, 3.8) is 0 Å². The molecule has 0 bridgehead atoms. The van der Waals surface area contributed by atoms with Gasteiger partial charge < -0.3 is 10.1 Å². The third-order valence-corrected chi connectivity index (χ3v) is 6.79. The third kappa shape index (κ3) is 5.78. The van der Waals surface area contributed by atoms with E-state index in [1.165, 1.54) is 29.4 Å². The first-order valence-electron chi connectivity index (χ1n) is 10.4. The molecule has 174 valence electrons. The standard InChI is InChI=1S/C23H25N3O6S/c1-3-24-23(29)25-22(28)16(2)32-21(27)13-10-17-8-11-19(12-9-17)33(30,31)26-15-14-18-6-4-5-7-20(18)26/h4-13,16H,3,14-15H2,1-2H3,(H2,24,25,28,29)/b13-10+/t16-/m0/s1. The van der Waals surface area contributed by atoms with Gasteiger partial charge in [0.25, 0.3) is 15.9 Å². The van der Waals surface area contributed by atoms with E-state index >= 15 is 0 Å². The molecule has 2 aromatic rings. The van der Waals surface area contributed by atoms with Crippen LogP contribution in [-0.2, 0) is 30.8 Å². The summed E-state index contributed by atoms with van der Waals surface area (Å²) in [5.41, 5.74) is 2.26. The van der Waals surface area contributed by atoms with E-state index in [0.717, 1.165) is 11.6 Å². The molecule has 33 heavy (non-hydrogen) atoms. The van der Waals surface area contributed by atoms with Crippen molar-refractivity contribution in [3.05, 3.63) is 65.7 Å². The maximum absolute atomic E-state index is 13.0. The molecule has 0 unspecified atom stereocenters. The van der Waals surface area contributed by atoms with Crippen molar-refractivity contribution in [2.75, 3.05) is 17.4 Å². The Morgan fingerprint density at radius 3 is 2.52 bits per heavy atom. The van der Waals surface area contributed by atoms with Crippen molar-refractivity contribution in [1.29, 1.82) is 0 Å². The van der Waals surface area contributed by atoms with Gasteiger partial charge in [-0.25, -0.2) is 18.0 Å². The highest BCUT2D eigenvalue weighted by Gasteiger charge is 2.30. The van der Waals surface area contributed by atoms with Crippen LogP contribution in [0.2, 0.25) is 0 Å². The van der Waals surface area contributed by atoms with E-state index in [1.54, 1.807) is 25.1 Å². The number of ether oxygens (including phenoxy) is 1.